The van der Waals surface area contributed by atoms with Gasteiger partial charge in [-0.25, -0.2) is 4.98 Å². The second kappa shape index (κ2) is 7.27. The minimum atomic E-state index is -0.407. The van der Waals surface area contributed by atoms with Crippen LogP contribution in [-0.4, -0.2) is 22.1 Å². The number of fused-ring (bicyclic) bond motifs is 1. The molecule has 3 heterocycles. The van der Waals surface area contributed by atoms with Crippen LogP contribution in [-0.2, 0) is 16.1 Å². The third-order valence-electron chi connectivity index (χ3n) is 3.63. The van der Waals surface area contributed by atoms with Crippen molar-refractivity contribution in [3.05, 3.63) is 39.1 Å². The molecule has 0 fully saturated rings. The number of esters is 1. The molecule has 0 bridgehead atoms. The van der Waals surface area contributed by atoms with Gasteiger partial charge in [0, 0.05) is 20.7 Å². The van der Waals surface area contributed by atoms with Crippen LogP contribution in [0, 0.1) is 6.92 Å². The first-order valence-corrected chi connectivity index (χ1v) is 9.49. The molecule has 3 rings (SSSR count). The fourth-order valence-electron chi connectivity index (χ4n) is 2.36. The van der Waals surface area contributed by atoms with Gasteiger partial charge in [-0.1, -0.05) is 13.3 Å². The van der Waals surface area contributed by atoms with Gasteiger partial charge < -0.3 is 4.74 Å². The van der Waals surface area contributed by atoms with Gasteiger partial charge in [0.2, 0.25) is 0 Å². The Morgan fingerprint density at radius 3 is 2.92 bits per heavy atom. The minimum absolute atomic E-state index is 0.107. The number of hydrogen-bond donors (Lipinski definition) is 0. The number of carbonyl (C=O) groups is 1. The smallest absolute Gasteiger partial charge is 0.326 e. The van der Waals surface area contributed by atoms with E-state index < -0.39 is 5.97 Å². The highest BCUT2D eigenvalue weighted by Gasteiger charge is 2.16. The summed E-state index contributed by atoms with van der Waals surface area (Å²) in [6, 6.07) is 4.04. The molecule has 0 aliphatic rings. The van der Waals surface area contributed by atoms with Crippen LogP contribution in [0.2, 0.25) is 0 Å². The molecular formula is C17H18N2O3S2. The summed E-state index contributed by atoms with van der Waals surface area (Å²) in [6.07, 6.45) is 3.20. The van der Waals surface area contributed by atoms with Crippen LogP contribution in [0.25, 0.3) is 20.7 Å². The molecule has 3 aromatic rings. The number of ether oxygens (including phenoxy) is 1. The van der Waals surface area contributed by atoms with E-state index in [0.29, 0.717) is 16.8 Å². The maximum Gasteiger partial charge on any atom is 0.326 e. The minimum Gasteiger partial charge on any atom is -0.464 e. The fourth-order valence-corrected chi connectivity index (χ4v) is 4.22. The van der Waals surface area contributed by atoms with Gasteiger partial charge >= 0.3 is 5.97 Å². The zero-order chi connectivity index (χ0) is 17.1. The predicted octanol–water partition coefficient (Wildman–Crippen LogP) is 3.84. The third kappa shape index (κ3) is 3.42. The van der Waals surface area contributed by atoms with E-state index in [1.54, 1.807) is 11.3 Å². The molecule has 0 spiro atoms. The summed E-state index contributed by atoms with van der Waals surface area (Å²) < 4.78 is 6.46. The van der Waals surface area contributed by atoms with Crippen LogP contribution in [0.3, 0.4) is 0 Å². The van der Waals surface area contributed by atoms with Gasteiger partial charge in [0.15, 0.2) is 0 Å². The van der Waals surface area contributed by atoms with E-state index in [2.05, 4.69) is 4.98 Å². The van der Waals surface area contributed by atoms with Crippen molar-refractivity contribution in [2.75, 3.05) is 6.61 Å². The lowest BCUT2D eigenvalue weighted by atomic mass is 10.2. The van der Waals surface area contributed by atoms with E-state index in [0.717, 1.165) is 23.3 Å². The maximum atomic E-state index is 12.8. The molecule has 0 amide bonds. The lowest BCUT2D eigenvalue weighted by molar-refractivity contribution is -0.144. The van der Waals surface area contributed by atoms with Crippen LogP contribution < -0.4 is 5.56 Å². The van der Waals surface area contributed by atoms with Gasteiger partial charge in [-0.05, 0) is 25.5 Å². The molecule has 0 saturated heterocycles. The molecule has 0 N–H and O–H groups in total. The first-order chi connectivity index (χ1) is 11.6. The van der Waals surface area contributed by atoms with Crippen molar-refractivity contribution in [2.24, 2.45) is 0 Å². The summed E-state index contributed by atoms with van der Waals surface area (Å²) in [4.78, 5) is 31.9. The van der Waals surface area contributed by atoms with Crippen LogP contribution in [0.5, 0.6) is 0 Å². The number of hydrogen-bond acceptors (Lipinski definition) is 6. The Balaban J connectivity index is 1.92. The van der Waals surface area contributed by atoms with E-state index in [1.165, 1.54) is 27.1 Å². The highest BCUT2D eigenvalue weighted by molar-refractivity contribution is 7.19. The maximum absolute atomic E-state index is 12.8. The van der Waals surface area contributed by atoms with Crippen molar-refractivity contribution in [3.63, 3.8) is 0 Å². The monoisotopic (exact) mass is 362 g/mol. The Hall–Kier alpha value is -1.99. The molecule has 5 nitrogen and oxygen atoms in total. The average Bonchev–Trinajstić information content (AvgIpc) is 3.16. The van der Waals surface area contributed by atoms with Crippen LogP contribution >= 0.6 is 22.7 Å². The molecule has 126 valence electrons. The Morgan fingerprint density at radius 2 is 2.21 bits per heavy atom. The van der Waals surface area contributed by atoms with Gasteiger partial charge in [0.25, 0.3) is 5.56 Å². The zero-order valence-corrected chi connectivity index (χ0v) is 15.2. The molecule has 0 radical (unpaired) electrons. The number of aromatic nitrogens is 2. The van der Waals surface area contributed by atoms with Crippen molar-refractivity contribution in [1.29, 1.82) is 0 Å². The number of rotatable bonds is 6. The molecule has 0 aliphatic carbocycles. The molecular weight excluding hydrogens is 344 g/mol. The summed E-state index contributed by atoms with van der Waals surface area (Å²) in [5.41, 5.74) is 0.689. The number of thiophene rings is 2. The summed E-state index contributed by atoms with van der Waals surface area (Å²) in [7, 11) is 0. The lowest BCUT2D eigenvalue weighted by Crippen LogP contribution is -2.25. The van der Waals surface area contributed by atoms with Crippen molar-refractivity contribution in [2.45, 2.75) is 33.2 Å². The number of nitrogens with zero attached hydrogens (tertiary/aromatic N) is 2. The molecule has 3 aromatic heterocycles. The van der Waals surface area contributed by atoms with E-state index in [-0.39, 0.29) is 12.1 Å². The molecule has 24 heavy (non-hydrogen) atoms. The predicted molar refractivity (Wildman–Crippen MR) is 97.8 cm³/mol. The Bertz CT molecular complexity index is 923. The van der Waals surface area contributed by atoms with Gasteiger partial charge in [-0.2, -0.15) is 0 Å². The largest absolute Gasteiger partial charge is 0.464 e. The molecule has 7 heteroatoms. The molecule has 0 atom stereocenters. The van der Waals surface area contributed by atoms with Crippen LogP contribution in [0.4, 0.5) is 0 Å². The first kappa shape index (κ1) is 16.9. The standard InChI is InChI=1S/C17H18N2O3S2/c1-3-4-7-22-14(20)8-19-10-18-16-15(17(19)21)12(9-23-16)13-6-5-11(2)24-13/h5-6,9-10H,3-4,7-8H2,1-2H3. The quantitative estimate of drug-likeness (QED) is 0.494. The first-order valence-electron chi connectivity index (χ1n) is 7.79. The SMILES string of the molecule is CCCCOC(=O)Cn1cnc2scc(-c3ccc(C)s3)c2c1=O. The van der Waals surface area contributed by atoms with Crippen LogP contribution in [0.1, 0.15) is 24.6 Å². The highest BCUT2D eigenvalue weighted by Crippen LogP contribution is 2.34. The van der Waals surface area contributed by atoms with Crippen LogP contribution in [0.15, 0.2) is 28.6 Å². The highest BCUT2D eigenvalue weighted by atomic mass is 32.1. The summed E-state index contributed by atoms with van der Waals surface area (Å²) >= 11 is 3.08. The normalized spacial score (nSPS) is 11.1. The summed E-state index contributed by atoms with van der Waals surface area (Å²) in [6.45, 7) is 4.34. The second-order valence-electron chi connectivity index (χ2n) is 5.49. The van der Waals surface area contributed by atoms with E-state index in [4.69, 9.17) is 4.74 Å². The Morgan fingerprint density at radius 1 is 1.38 bits per heavy atom. The Labute approximate surface area is 147 Å². The molecule has 0 aromatic carbocycles. The van der Waals surface area contributed by atoms with E-state index in [9.17, 15) is 9.59 Å². The summed E-state index contributed by atoms with van der Waals surface area (Å²) in [5, 5.41) is 2.53. The van der Waals surface area contributed by atoms with Gasteiger partial charge in [0.05, 0.1) is 18.3 Å². The van der Waals surface area contributed by atoms with E-state index in [1.807, 2.05) is 31.4 Å². The third-order valence-corrected chi connectivity index (χ3v) is 5.55. The van der Waals surface area contributed by atoms with Crippen molar-refractivity contribution >= 4 is 38.9 Å². The van der Waals surface area contributed by atoms with Crippen molar-refractivity contribution in [3.8, 4) is 10.4 Å². The second-order valence-corrected chi connectivity index (χ2v) is 7.64. The van der Waals surface area contributed by atoms with Crippen molar-refractivity contribution < 1.29 is 9.53 Å². The molecule has 0 aliphatic heterocycles. The number of aryl methyl sites for hydroxylation is 1. The fraction of sp³-hybridized carbons (Fsp3) is 0.353. The molecule has 0 saturated carbocycles. The summed E-state index contributed by atoms with van der Waals surface area (Å²) in [5.74, 6) is -0.407. The lowest BCUT2D eigenvalue weighted by Gasteiger charge is -2.06. The topological polar surface area (TPSA) is 61.2 Å². The average molecular weight is 362 g/mol. The van der Waals surface area contributed by atoms with Gasteiger partial charge in [0.1, 0.15) is 11.4 Å². The zero-order valence-electron chi connectivity index (χ0n) is 13.6. The Kier molecular flexibility index (Phi) is 5.11. The van der Waals surface area contributed by atoms with Gasteiger partial charge in [-0.3, -0.25) is 14.2 Å². The van der Waals surface area contributed by atoms with Crippen molar-refractivity contribution in [1.82, 2.24) is 9.55 Å². The number of unbranched alkanes of at least 4 members (excludes halogenated alkanes) is 1. The number of carbonyl (C=O) groups excluding carboxylic acids is 1. The van der Waals surface area contributed by atoms with E-state index >= 15 is 0 Å². The molecule has 0 unspecified atom stereocenters. The van der Waals surface area contributed by atoms with Gasteiger partial charge in [-0.15, -0.1) is 22.7 Å².